The van der Waals surface area contributed by atoms with Gasteiger partial charge in [-0.05, 0) is 49.8 Å². The molecule has 0 radical (unpaired) electrons. The highest BCUT2D eigenvalue weighted by molar-refractivity contribution is 5.96. The number of para-hydroxylation sites is 1. The number of rotatable bonds is 5. The number of nitrogen functional groups attached to an aromatic ring is 1. The van der Waals surface area contributed by atoms with Crippen LogP contribution in [0.3, 0.4) is 0 Å². The van der Waals surface area contributed by atoms with Gasteiger partial charge in [-0.15, -0.1) is 0 Å². The number of amides is 1. The number of nitrogens with zero attached hydrogens (tertiary/aromatic N) is 1. The van der Waals surface area contributed by atoms with Crippen molar-refractivity contribution in [2.45, 2.75) is 40.0 Å². The molecule has 4 heteroatoms. The number of carbonyl (C=O) groups excluding carboxylic acids is 1. The predicted molar refractivity (Wildman–Crippen MR) is 88.3 cm³/mol. The molecule has 1 aromatic rings. The first-order chi connectivity index (χ1) is 9.99. The van der Waals surface area contributed by atoms with Gasteiger partial charge < -0.3 is 11.1 Å². The quantitative estimate of drug-likeness (QED) is 0.819. The van der Waals surface area contributed by atoms with Crippen LogP contribution in [0.2, 0.25) is 0 Å². The maximum atomic E-state index is 12.3. The molecule has 1 heterocycles. The summed E-state index contributed by atoms with van der Waals surface area (Å²) in [4.78, 5) is 14.5. The molecule has 0 saturated carbocycles. The fourth-order valence-corrected chi connectivity index (χ4v) is 3.23. The van der Waals surface area contributed by atoms with Crippen LogP contribution in [-0.4, -0.2) is 30.4 Å². The van der Waals surface area contributed by atoms with E-state index >= 15 is 0 Å². The minimum atomic E-state index is 0.0269. The molecule has 1 fully saturated rings. The van der Waals surface area contributed by atoms with E-state index in [-0.39, 0.29) is 5.91 Å². The van der Waals surface area contributed by atoms with E-state index in [4.69, 9.17) is 5.73 Å². The first kappa shape index (κ1) is 15.8. The van der Waals surface area contributed by atoms with Crippen molar-refractivity contribution in [2.75, 3.05) is 30.7 Å². The molecule has 21 heavy (non-hydrogen) atoms. The number of nitrogens with two attached hydrogens (primary N) is 1. The first-order valence-electron chi connectivity index (χ1n) is 7.87. The molecule has 0 spiro atoms. The van der Waals surface area contributed by atoms with Crippen LogP contribution in [-0.2, 0) is 4.79 Å². The van der Waals surface area contributed by atoms with Crippen molar-refractivity contribution >= 4 is 17.3 Å². The summed E-state index contributed by atoms with van der Waals surface area (Å²) in [7, 11) is 0. The number of hydrogen-bond donors (Lipinski definition) is 2. The van der Waals surface area contributed by atoms with Gasteiger partial charge in [-0.1, -0.05) is 26.0 Å². The second kappa shape index (κ2) is 6.48. The van der Waals surface area contributed by atoms with E-state index in [1.54, 1.807) is 0 Å². The third-order valence-electron chi connectivity index (χ3n) is 4.95. The number of carbonyl (C=O) groups is 1. The number of nitrogens with one attached hydrogen (secondary N) is 1. The van der Waals surface area contributed by atoms with Crippen molar-refractivity contribution < 1.29 is 4.79 Å². The third-order valence-corrected chi connectivity index (χ3v) is 4.95. The molecular weight excluding hydrogens is 262 g/mol. The topological polar surface area (TPSA) is 58.4 Å². The monoisotopic (exact) mass is 289 g/mol. The Morgan fingerprint density at radius 3 is 2.67 bits per heavy atom. The Morgan fingerprint density at radius 2 is 2.10 bits per heavy atom. The second-order valence-corrected chi connectivity index (χ2v) is 6.26. The Hall–Kier alpha value is -1.55. The summed E-state index contributed by atoms with van der Waals surface area (Å²) in [5.41, 5.74) is 8.72. The van der Waals surface area contributed by atoms with Gasteiger partial charge in [0.15, 0.2) is 0 Å². The summed E-state index contributed by atoms with van der Waals surface area (Å²) >= 11 is 0. The highest BCUT2D eigenvalue weighted by atomic mass is 16.2. The zero-order valence-electron chi connectivity index (χ0n) is 13.4. The molecule has 4 nitrogen and oxygen atoms in total. The summed E-state index contributed by atoms with van der Waals surface area (Å²) in [6, 6.07) is 5.68. The molecule has 0 unspecified atom stereocenters. The number of aryl methyl sites for hydroxylation is 1. The van der Waals surface area contributed by atoms with Gasteiger partial charge in [-0.25, -0.2) is 0 Å². The van der Waals surface area contributed by atoms with Crippen LogP contribution in [0.5, 0.6) is 0 Å². The van der Waals surface area contributed by atoms with Gasteiger partial charge in [0.25, 0.3) is 0 Å². The summed E-state index contributed by atoms with van der Waals surface area (Å²) in [6.45, 7) is 8.95. The van der Waals surface area contributed by atoms with Crippen molar-refractivity contribution in [2.24, 2.45) is 5.41 Å². The van der Waals surface area contributed by atoms with Crippen molar-refractivity contribution in [3.63, 3.8) is 0 Å². The lowest BCUT2D eigenvalue weighted by Crippen LogP contribution is -2.33. The van der Waals surface area contributed by atoms with Crippen LogP contribution in [0.4, 0.5) is 11.4 Å². The molecule has 1 aliphatic heterocycles. The lowest BCUT2D eigenvalue weighted by molar-refractivity contribution is -0.117. The summed E-state index contributed by atoms with van der Waals surface area (Å²) in [5.74, 6) is 0.0269. The number of anilines is 2. The number of benzene rings is 1. The molecule has 2 rings (SSSR count). The van der Waals surface area contributed by atoms with Gasteiger partial charge in [0.1, 0.15) is 0 Å². The molecule has 0 bridgehead atoms. The minimum Gasteiger partial charge on any atom is -0.397 e. The Labute approximate surface area is 127 Å². The van der Waals surface area contributed by atoms with Crippen molar-refractivity contribution in [1.29, 1.82) is 0 Å². The average molecular weight is 289 g/mol. The maximum Gasteiger partial charge on any atom is 0.238 e. The van der Waals surface area contributed by atoms with Crippen LogP contribution in [0.1, 0.15) is 38.7 Å². The fourth-order valence-electron chi connectivity index (χ4n) is 3.23. The first-order valence-corrected chi connectivity index (χ1v) is 7.87. The van der Waals surface area contributed by atoms with Gasteiger partial charge in [-0.3, -0.25) is 9.69 Å². The van der Waals surface area contributed by atoms with Crippen LogP contribution < -0.4 is 11.1 Å². The average Bonchev–Trinajstić information content (AvgIpc) is 2.87. The SMILES string of the molecule is CCC1(CC)CCN(CC(=O)Nc2c(C)cccc2N)C1. The molecule has 1 saturated heterocycles. The van der Waals surface area contributed by atoms with Crippen LogP contribution >= 0.6 is 0 Å². The predicted octanol–water partition coefficient (Wildman–Crippen LogP) is 3.03. The fraction of sp³-hybridized carbons (Fsp3) is 0.588. The van der Waals surface area contributed by atoms with Gasteiger partial charge in [-0.2, -0.15) is 0 Å². The number of hydrogen-bond acceptors (Lipinski definition) is 3. The van der Waals surface area contributed by atoms with Crippen LogP contribution in [0.25, 0.3) is 0 Å². The zero-order chi connectivity index (χ0) is 15.5. The Bertz CT molecular complexity index is 489. The Balaban J connectivity index is 1.94. The molecule has 0 aromatic heterocycles. The Kier molecular flexibility index (Phi) is 4.88. The molecule has 116 valence electrons. The van der Waals surface area contributed by atoms with Crippen LogP contribution in [0, 0.1) is 12.3 Å². The van der Waals surface area contributed by atoms with E-state index in [0.29, 0.717) is 17.6 Å². The van der Waals surface area contributed by atoms with Crippen LogP contribution in [0.15, 0.2) is 18.2 Å². The smallest absolute Gasteiger partial charge is 0.238 e. The molecule has 0 atom stereocenters. The third kappa shape index (κ3) is 3.56. The Morgan fingerprint density at radius 1 is 1.38 bits per heavy atom. The lowest BCUT2D eigenvalue weighted by Gasteiger charge is -2.26. The highest BCUT2D eigenvalue weighted by Gasteiger charge is 2.35. The van der Waals surface area contributed by atoms with Gasteiger partial charge in [0.2, 0.25) is 5.91 Å². The zero-order valence-corrected chi connectivity index (χ0v) is 13.4. The van der Waals surface area contributed by atoms with E-state index in [0.717, 1.165) is 24.3 Å². The van der Waals surface area contributed by atoms with E-state index in [9.17, 15) is 4.79 Å². The molecule has 1 amide bonds. The molecule has 1 aromatic carbocycles. The van der Waals surface area contributed by atoms with Crippen molar-refractivity contribution in [3.05, 3.63) is 23.8 Å². The maximum absolute atomic E-state index is 12.3. The highest BCUT2D eigenvalue weighted by Crippen LogP contribution is 2.36. The second-order valence-electron chi connectivity index (χ2n) is 6.26. The van der Waals surface area contributed by atoms with Crippen molar-refractivity contribution in [1.82, 2.24) is 4.90 Å². The minimum absolute atomic E-state index is 0.0269. The number of likely N-dealkylation sites (tertiary alicyclic amines) is 1. The lowest BCUT2D eigenvalue weighted by atomic mass is 9.82. The summed E-state index contributed by atoms with van der Waals surface area (Å²) in [5, 5.41) is 2.96. The normalized spacial score (nSPS) is 17.9. The van der Waals surface area contributed by atoms with Gasteiger partial charge >= 0.3 is 0 Å². The molecular formula is C17H27N3O. The largest absolute Gasteiger partial charge is 0.397 e. The summed E-state index contributed by atoms with van der Waals surface area (Å²) in [6.07, 6.45) is 3.57. The van der Waals surface area contributed by atoms with E-state index in [1.165, 1.54) is 19.3 Å². The van der Waals surface area contributed by atoms with E-state index < -0.39 is 0 Å². The van der Waals surface area contributed by atoms with E-state index in [1.807, 2.05) is 25.1 Å². The summed E-state index contributed by atoms with van der Waals surface area (Å²) < 4.78 is 0. The molecule has 1 aliphatic rings. The van der Waals surface area contributed by atoms with Gasteiger partial charge in [0, 0.05) is 6.54 Å². The van der Waals surface area contributed by atoms with Gasteiger partial charge in [0.05, 0.1) is 17.9 Å². The van der Waals surface area contributed by atoms with Crippen molar-refractivity contribution in [3.8, 4) is 0 Å². The molecule has 0 aliphatic carbocycles. The van der Waals surface area contributed by atoms with E-state index in [2.05, 4.69) is 24.1 Å². The standard InChI is InChI=1S/C17H27N3O/c1-4-17(5-2)9-10-20(12-17)11-15(21)19-16-13(3)7-6-8-14(16)18/h6-8H,4-5,9-12,18H2,1-3H3,(H,19,21). The molecule has 3 N–H and O–H groups in total.